The predicted molar refractivity (Wildman–Crippen MR) is 89.6 cm³/mol. The van der Waals surface area contributed by atoms with E-state index < -0.39 is 0 Å². The van der Waals surface area contributed by atoms with Crippen molar-refractivity contribution in [3.63, 3.8) is 0 Å². The first-order valence-electron chi connectivity index (χ1n) is 7.97. The first-order valence-corrected chi connectivity index (χ1v) is 7.97. The second-order valence-corrected chi connectivity index (χ2v) is 5.84. The van der Waals surface area contributed by atoms with Crippen LogP contribution < -0.4 is 10.6 Å². The SMILES string of the molecule is CCNC(=NCc1cccc(C)c1)NCC1CCCN1C. The van der Waals surface area contributed by atoms with E-state index in [0.717, 1.165) is 25.6 Å². The molecule has 1 unspecified atom stereocenters. The number of hydrogen-bond acceptors (Lipinski definition) is 2. The van der Waals surface area contributed by atoms with E-state index in [1.165, 1.54) is 30.5 Å². The molecule has 0 bridgehead atoms. The van der Waals surface area contributed by atoms with Gasteiger partial charge >= 0.3 is 0 Å². The lowest BCUT2D eigenvalue weighted by molar-refractivity contribution is 0.309. The molecule has 4 heteroatoms. The molecule has 116 valence electrons. The van der Waals surface area contributed by atoms with E-state index in [2.05, 4.69) is 65.7 Å². The number of aryl methyl sites for hydroxylation is 1. The number of hydrogen-bond donors (Lipinski definition) is 2. The number of nitrogens with zero attached hydrogens (tertiary/aromatic N) is 2. The third-order valence-electron chi connectivity index (χ3n) is 4.02. The average Bonchev–Trinajstić information content (AvgIpc) is 2.87. The summed E-state index contributed by atoms with van der Waals surface area (Å²) in [5, 5.41) is 6.80. The fraction of sp³-hybridized carbons (Fsp3) is 0.588. The summed E-state index contributed by atoms with van der Waals surface area (Å²) in [7, 11) is 2.20. The minimum Gasteiger partial charge on any atom is -0.357 e. The van der Waals surface area contributed by atoms with E-state index in [0.29, 0.717) is 6.04 Å². The van der Waals surface area contributed by atoms with Gasteiger partial charge in [-0.15, -0.1) is 0 Å². The summed E-state index contributed by atoms with van der Waals surface area (Å²) in [6.45, 7) is 8.01. The van der Waals surface area contributed by atoms with Crippen LogP contribution in [0.1, 0.15) is 30.9 Å². The molecule has 1 aromatic rings. The third kappa shape index (κ3) is 5.05. The Labute approximate surface area is 128 Å². The van der Waals surface area contributed by atoms with E-state index >= 15 is 0 Å². The molecule has 0 radical (unpaired) electrons. The van der Waals surface area contributed by atoms with Gasteiger partial charge in [0.2, 0.25) is 0 Å². The van der Waals surface area contributed by atoms with E-state index in [1.54, 1.807) is 0 Å². The van der Waals surface area contributed by atoms with Gasteiger partial charge in [0, 0.05) is 19.1 Å². The van der Waals surface area contributed by atoms with Crippen LogP contribution in [-0.2, 0) is 6.54 Å². The van der Waals surface area contributed by atoms with Gasteiger partial charge in [0.1, 0.15) is 0 Å². The molecule has 1 aromatic carbocycles. The van der Waals surface area contributed by atoms with Crippen molar-refractivity contribution in [3.05, 3.63) is 35.4 Å². The third-order valence-corrected chi connectivity index (χ3v) is 4.02. The molecule has 0 spiro atoms. The highest BCUT2D eigenvalue weighted by molar-refractivity contribution is 5.79. The molecule has 1 saturated heterocycles. The highest BCUT2D eigenvalue weighted by Crippen LogP contribution is 2.13. The zero-order valence-corrected chi connectivity index (χ0v) is 13.5. The quantitative estimate of drug-likeness (QED) is 0.644. The highest BCUT2D eigenvalue weighted by atomic mass is 15.2. The Morgan fingerprint density at radius 1 is 1.38 bits per heavy atom. The summed E-state index contributed by atoms with van der Waals surface area (Å²) in [5.74, 6) is 0.916. The maximum absolute atomic E-state index is 4.69. The van der Waals surface area contributed by atoms with Crippen LogP contribution >= 0.6 is 0 Å². The normalized spacial score (nSPS) is 19.8. The number of rotatable bonds is 5. The molecule has 2 rings (SSSR count). The Hall–Kier alpha value is -1.55. The van der Waals surface area contributed by atoms with Crippen LogP contribution in [0.2, 0.25) is 0 Å². The van der Waals surface area contributed by atoms with Crippen molar-refractivity contribution >= 4 is 5.96 Å². The second-order valence-electron chi connectivity index (χ2n) is 5.84. The van der Waals surface area contributed by atoms with E-state index in [-0.39, 0.29) is 0 Å². The maximum atomic E-state index is 4.69. The number of likely N-dealkylation sites (tertiary alicyclic amines) is 1. The van der Waals surface area contributed by atoms with Gasteiger partial charge in [0.25, 0.3) is 0 Å². The molecule has 4 nitrogen and oxygen atoms in total. The van der Waals surface area contributed by atoms with Crippen molar-refractivity contribution in [1.29, 1.82) is 0 Å². The summed E-state index contributed by atoms with van der Waals surface area (Å²) in [4.78, 5) is 7.11. The van der Waals surface area contributed by atoms with Crippen LogP contribution in [0.3, 0.4) is 0 Å². The van der Waals surface area contributed by atoms with Crippen LogP contribution in [0.5, 0.6) is 0 Å². The van der Waals surface area contributed by atoms with Crippen molar-refractivity contribution in [2.45, 2.75) is 39.3 Å². The summed E-state index contributed by atoms with van der Waals surface area (Å²) in [5.41, 5.74) is 2.54. The molecule has 0 saturated carbocycles. The van der Waals surface area contributed by atoms with Gasteiger partial charge in [-0.05, 0) is 45.8 Å². The number of guanidine groups is 1. The molecular weight excluding hydrogens is 260 g/mol. The monoisotopic (exact) mass is 288 g/mol. The lowest BCUT2D eigenvalue weighted by Gasteiger charge is -2.21. The topological polar surface area (TPSA) is 39.7 Å². The van der Waals surface area contributed by atoms with Crippen LogP contribution in [-0.4, -0.2) is 43.6 Å². The Bertz CT molecular complexity index is 470. The molecular formula is C17H28N4. The van der Waals surface area contributed by atoms with E-state index in [9.17, 15) is 0 Å². The number of benzene rings is 1. The van der Waals surface area contributed by atoms with Crippen LogP contribution in [0.4, 0.5) is 0 Å². The van der Waals surface area contributed by atoms with Gasteiger partial charge in [-0.1, -0.05) is 29.8 Å². The standard InChI is InChI=1S/C17H28N4/c1-4-18-17(20-13-16-9-6-10-21(16)3)19-12-15-8-5-7-14(2)11-15/h5,7-8,11,16H,4,6,9-10,12-13H2,1-3H3,(H2,18,19,20). The average molecular weight is 288 g/mol. The minimum atomic E-state index is 0.632. The van der Waals surface area contributed by atoms with Crippen LogP contribution in [0.25, 0.3) is 0 Å². The Kier molecular flexibility index (Phi) is 6.05. The fourth-order valence-corrected chi connectivity index (χ4v) is 2.77. The van der Waals surface area contributed by atoms with Gasteiger partial charge in [-0.3, -0.25) is 0 Å². The van der Waals surface area contributed by atoms with Gasteiger partial charge in [0.05, 0.1) is 6.54 Å². The van der Waals surface area contributed by atoms with E-state index in [1.807, 2.05) is 0 Å². The largest absolute Gasteiger partial charge is 0.357 e. The van der Waals surface area contributed by atoms with Gasteiger partial charge in [-0.2, -0.15) is 0 Å². The molecule has 0 aromatic heterocycles. The van der Waals surface area contributed by atoms with E-state index in [4.69, 9.17) is 0 Å². The van der Waals surface area contributed by atoms with Crippen LogP contribution in [0, 0.1) is 6.92 Å². The minimum absolute atomic E-state index is 0.632. The van der Waals surface area contributed by atoms with Crippen molar-refractivity contribution in [3.8, 4) is 0 Å². The first kappa shape index (κ1) is 15.8. The molecule has 21 heavy (non-hydrogen) atoms. The predicted octanol–water partition coefficient (Wildman–Crippen LogP) is 2.14. The highest BCUT2D eigenvalue weighted by Gasteiger charge is 2.20. The summed E-state index contributed by atoms with van der Waals surface area (Å²) in [6.07, 6.45) is 2.58. The number of nitrogens with one attached hydrogen (secondary N) is 2. The van der Waals surface area contributed by atoms with Gasteiger partial charge in [-0.25, -0.2) is 4.99 Å². The molecule has 1 fully saturated rings. The Morgan fingerprint density at radius 2 is 2.24 bits per heavy atom. The first-order chi connectivity index (χ1) is 10.2. The zero-order chi connectivity index (χ0) is 15.1. The molecule has 2 N–H and O–H groups in total. The molecule has 0 amide bonds. The molecule has 1 aliphatic rings. The lowest BCUT2D eigenvalue weighted by Crippen LogP contribution is -2.44. The number of aliphatic imine (C=N–C) groups is 1. The Morgan fingerprint density at radius 3 is 2.90 bits per heavy atom. The van der Waals surface area contributed by atoms with Crippen molar-refractivity contribution < 1.29 is 0 Å². The zero-order valence-electron chi connectivity index (χ0n) is 13.5. The van der Waals surface area contributed by atoms with Crippen molar-refractivity contribution in [2.75, 3.05) is 26.7 Å². The molecule has 1 aliphatic heterocycles. The molecule has 1 atom stereocenters. The Balaban J connectivity index is 1.89. The summed E-state index contributed by atoms with van der Waals surface area (Å²) < 4.78 is 0. The van der Waals surface area contributed by atoms with Gasteiger partial charge in [0.15, 0.2) is 5.96 Å². The fourth-order valence-electron chi connectivity index (χ4n) is 2.77. The maximum Gasteiger partial charge on any atom is 0.191 e. The summed E-state index contributed by atoms with van der Waals surface area (Å²) in [6, 6.07) is 9.16. The second kappa shape index (κ2) is 8.03. The molecule has 0 aliphatic carbocycles. The van der Waals surface area contributed by atoms with Crippen molar-refractivity contribution in [2.24, 2.45) is 4.99 Å². The van der Waals surface area contributed by atoms with Crippen molar-refractivity contribution in [1.82, 2.24) is 15.5 Å². The molecule has 1 heterocycles. The smallest absolute Gasteiger partial charge is 0.191 e. The lowest BCUT2D eigenvalue weighted by atomic mass is 10.1. The van der Waals surface area contributed by atoms with Gasteiger partial charge < -0.3 is 15.5 Å². The summed E-state index contributed by atoms with van der Waals surface area (Å²) >= 11 is 0. The van der Waals surface area contributed by atoms with Crippen LogP contribution in [0.15, 0.2) is 29.3 Å². The number of likely N-dealkylation sites (N-methyl/N-ethyl adjacent to an activating group) is 1.